The average molecular weight is 561 g/mol. The number of hydrogen-bond acceptors (Lipinski definition) is 12. The lowest BCUT2D eigenvalue weighted by atomic mass is 10.0. The van der Waals surface area contributed by atoms with Gasteiger partial charge in [0.25, 0.3) is 11.8 Å². The minimum atomic E-state index is -0.796. The average Bonchev–Trinajstić information content (AvgIpc) is 3.58. The van der Waals surface area contributed by atoms with Crippen LogP contribution in [0.1, 0.15) is 19.0 Å². The number of benzene rings is 1. The molecule has 202 valence electrons. The van der Waals surface area contributed by atoms with Gasteiger partial charge in [-0.2, -0.15) is 5.10 Å². The van der Waals surface area contributed by atoms with Crippen LogP contribution in [0.4, 0.5) is 5.13 Å². The zero-order chi connectivity index (χ0) is 27.1. The van der Waals surface area contributed by atoms with Gasteiger partial charge < -0.3 is 30.9 Å². The summed E-state index contributed by atoms with van der Waals surface area (Å²) in [5, 5.41) is 12.7. The Bertz CT molecular complexity index is 1280. The molecule has 0 saturated carbocycles. The molecule has 2 unspecified atom stereocenters. The van der Waals surface area contributed by atoms with E-state index in [2.05, 4.69) is 20.6 Å². The molecule has 13 nitrogen and oxygen atoms in total. The Balaban J connectivity index is 1.30. The molecule has 0 spiro atoms. The van der Waals surface area contributed by atoms with Crippen molar-refractivity contribution in [2.45, 2.75) is 32.0 Å². The van der Waals surface area contributed by atoms with Gasteiger partial charge in [0.1, 0.15) is 36.3 Å². The third-order valence-electron chi connectivity index (χ3n) is 5.70. The molecular weight excluding hydrogens is 532 g/mol. The van der Waals surface area contributed by atoms with Crippen molar-refractivity contribution >= 4 is 46.2 Å². The molecule has 0 bridgehead atoms. The van der Waals surface area contributed by atoms with E-state index in [0.29, 0.717) is 24.5 Å². The van der Waals surface area contributed by atoms with Crippen LogP contribution in [0.25, 0.3) is 11.1 Å². The van der Waals surface area contributed by atoms with Crippen molar-refractivity contribution in [3.63, 3.8) is 0 Å². The van der Waals surface area contributed by atoms with E-state index in [1.165, 1.54) is 0 Å². The highest BCUT2D eigenvalue weighted by atomic mass is 32.2. The highest BCUT2D eigenvalue weighted by Gasteiger charge is 2.46. The Morgan fingerprint density at radius 1 is 1.29 bits per heavy atom. The molecule has 1 aliphatic heterocycles. The van der Waals surface area contributed by atoms with Crippen LogP contribution >= 0.6 is 23.6 Å². The molecule has 2 atom stereocenters. The van der Waals surface area contributed by atoms with Gasteiger partial charge in [-0.1, -0.05) is 17.3 Å². The molecule has 38 heavy (non-hydrogen) atoms. The van der Waals surface area contributed by atoms with E-state index in [1.54, 1.807) is 12.3 Å². The number of amides is 2. The Kier molecular flexibility index (Phi) is 9.17. The Morgan fingerprint density at radius 3 is 2.74 bits per heavy atom. The summed E-state index contributed by atoms with van der Waals surface area (Å²) in [7, 11) is 0. The van der Waals surface area contributed by atoms with Gasteiger partial charge in [-0.25, -0.2) is 4.98 Å². The predicted molar refractivity (Wildman–Crippen MR) is 144 cm³/mol. The van der Waals surface area contributed by atoms with Crippen molar-refractivity contribution in [3.05, 3.63) is 47.7 Å². The summed E-state index contributed by atoms with van der Waals surface area (Å²) in [6.45, 7) is 3.33. The van der Waals surface area contributed by atoms with E-state index in [0.717, 1.165) is 39.7 Å². The highest BCUT2D eigenvalue weighted by Crippen LogP contribution is 2.26. The SMILES string of the molecule is CC1C(NC(=O)/C(=N\OCCOc2ccc(-c3cnn(CCCN)c3)cc2)c2csc(N)n2)C(=O)N1SO. The lowest BCUT2D eigenvalue weighted by Crippen LogP contribution is -2.67. The maximum atomic E-state index is 12.8. The summed E-state index contributed by atoms with van der Waals surface area (Å²) in [6.07, 6.45) is 4.65. The number of ether oxygens (including phenoxy) is 1. The van der Waals surface area contributed by atoms with Crippen LogP contribution in [-0.4, -0.2) is 73.0 Å². The fraction of sp³-hybridized carbons (Fsp3) is 0.348. The van der Waals surface area contributed by atoms with Crippen LogP contribution in [0, 0.1) is 0 Å². The number of rotatable bonds is 13. The molecule has 0 radical (unpaired) electrons. The van der Waals surface area contributed by atoms with Crippen LogP contribution < -0.4 is 21.5 Å². The van der Waals surface area contributed by atoms with Gasteiger partial charge in [0.05, 0.1) is 12.2 Å². The third-order valence-corrected chi connectivity index (χ3v) is 7.06. The molecular formula is C23H28N8O5S2. The van der Waals surface area contributed by atoms with Crippen LogP contribution in [0.5, 0.6) is 5.75 Å². The molecule has 1 aromatic carbocycles. The first kappa shape index (κ1) is 27.4. The fourth-order valence-corrected chi connectivity index (χ4v) is 4.66. The van der Waals surface area contributed by atoms with Crippen LogP contribution in [-0.2, 0) is 21.0 Å². The van der Waals surface area contributed by atoms with Crippen molar-refractivity contribution in [2.24, 2.45) is 10.9 Å². The number of nitrogens with zero attached hydrogens (tertiary/aromatic N) is 5. The van der Waals surface area contributed by atoms with E-state index < -0.39 is 23.9 Å². The first-order valence-electron chi connectivity index (χ1n) is 11.7. The minimum Gasteiger partial charge on any atom is -0.490 e. The number of thiazole rings is 1. The quantitative estimate of drug-likeness (QED) is 0.0598. The van der Waals surface area contributed by atoms with E-state index in [1.807, 2.05) is 41.3 Å². The van der Waals surface area contributed by atoms with Crippen LogP contribution in [0.2, 0.25) is 0 Å². The second kappa shape index (κ2) is 12.7. The second-order valence-electron chi connectivity index (χ2n) is 8.29. The molecule has 1 aliphatic rings. The molecule has 1 saturated heterocycles. The maximum absolute atomic E-state index is 12.8. The number of anilines is 1. The molecule has 0 aliphatic carbocycles. The van der Waals surface area contributed by atoms with E-state index >= 15 is 0 Å². The van der Waals surface area contributed by atoms with Crippen molar-refractivity contribution in [1.29, 1.82) is 0 Å². The van der Waals surface area contributed by atoms with Crippen LogP contribution in [0.3, 0.4) is 0 Å². The molecule has 1 fully saturated rings. The van der Waals surface area contributed by atoms with E-state index in [4.69, 9.17) is 25.6 Å². The van der Waals surface area contributed by atoms with Crippen molar-refractivity contribution in [2.75, 3.05) is 25.5 Å². The number of aryl methyl sites for hydroxylation is 1. The number of hydrogen-bond donors (Lipinski definition) is 4. The number of β-lactam (4-membered cyclic amide) rings is 1. The minimum absolute atomic E-state index is 0.0553. The fourth-order valence-electron chi connectivity index (χ4n) is 3.64. The zero-order valence-electron chi connectivity index (χ0n) is 20.5. The lowest BCUT2D eigenvalue weighted by molar-refractivity contribution is -0.143. The third kappa shape index (κ3) is 6.42. The number of oxime groups is 1. The van der Waals surface area contributed by atoms with Crippen molar-refractivity contribution < 1.29 is 23.7 Å². The number of carbonyl (C=O) groups is 2. The van der Waals surface area contributed by atoms with Gasteiger partial charge in [-0.05, 0) is 37.6 Å². The van der Waals surface area contributed by atoms with Crippen molar-refractivity contribution in [1.82, 2.24) is 24.4 Å². The summed E-state index contributed by atoms with van der Waals surface area (Å²) in [6, 6.07) is 6.38. The van der Waals surface area contributed by atoms with Gasteiger partial charge in [-0.15, -0.1) is 11.3 Å². The molecule has 3 heterocycles. The highest BCUT2D eigenvalue weighted by molar-refractivity contribution is 7.92. The van der Waals surface area contributed by atoms with Crippen LogP contribution in [0.15, 0.2) is 47.2 Å². The van der Waals surface area contributed by atoms with E-state index in [9.17, 15) is 9.59 Å². The molecule has 2 amide bonds. The van der Waals surface area contributed by atoms with Gasteiger partial charge in [0, 0.05) is 23.7 Å². The summed E-state index contributed by atoms with van der Waals surface area (Å²) in [5.74, 6) is -0.423. The van der Waals surface area contributed by atoms with Gasteiger partial charge >= 0.3 is 0 Å². The first-order chi connectivity index (χ1) is 18.4. The number of carbonyl (C=O) groups excluding carboxylic acids is 2. The molecule has 3 aromatic rings. The largest absolute Gasteiger partial charge is 0.490 e. The lowest BCUT2D eigenvalue weighted by Gasteiger charge is -2.42. The summed E-state index contributed by atoms with van der Waals surface area (Å²) >= 11 is 1.46. The predicted octanol–water partition coefficient (Wildman–Crippen LogP) is 1.57. The number of nitrogen functional groups attached to an aromatic ring is 1. The molecule has 15 heteroatoms. The normalized spacial score (nSPS) is 17.3. The van der Waals surface area contributed by atoms with Gasteiger partial charge in [0.2, 0.25) is 0 Å². The van der Waals surface area contributed by atoms with Gasteiger partial charge in [0.15, 0.2) is 17.5 Å². The Morgan fingerprint density at radius 2 is 2.08 bits per heavy atom. The molecule has 2 aromatic heterocycles. The Labute approximate surface area is 227 Å². The summed E-state index contributed by atoms with van der Waals surface area (Å²) in [5.41, 5.74) is 13.4. The van der Waals surface area contributed by atoms with Crippen molar-refractivity contribution in [3.8, 4) is 16.9 Å². The zero-order valence-corrected chi connectivity index (χ0v) is 22.2. The molecule has 4 rings (SSSR count). The monoisotopic (exact) mass is 560 g/mol. The molecule has 6 N–H and O–H groups in total. The summed E-state index contributed by atoms with van der Waals surface area (Å²) in [4.78, 5) is 34.3. The van der Waals surface area contributed by atoms with E-state index in [-0.39, 0.29) is 29.8 Å². The van der Waals surface area contributed by atoms with Gasteiger partial charge in [-0.3, -0.25) is 18.6 Å². The number of nitrogens with two attached hydrogens (primary N) is 2. The maximum Gasteiger partial charge on any atom is 0.276 e. The number of aromatic nitrogens is 3. The Hall–Kier alpha value is -3.66. The topological polar surface area (TPSA) is 183 Å². The first-order valence-corrected chi connectivity index (χ1v) is 13.3. The standard InChI is InChI=1S/C23H28N8O5S2/c1-14-19(22(33)31(14)38-34)28-21(32)20(18-13-37-23(25)27-18)29-36-10-9-35-17-5-3-15(4-6-17)16-11-26-30(12-16)8-2-7-24/h3-6,11-14,19,34H,2,7-10,24H2,1H3,(H2,25,27)(H,28,32)/b29-20-. The smallest absolute Gasteiger partial charge is 0.276 e. The second-order valence-corrected chi connectivity index (χ2v) is 9.74. The summed E-state index contributed by atoms with van der Waals surface area (Å²) < 4.78 is 17.9. The number of nitrogens with one attached hydrogen (secondary N) is 1.